The zero-order valence-electron chi connectivity index (χ0n) is 12.1. The molecule has 0 aliphatic heterocycles. The third kappa shape index (κ3) is 2.76. The first-order valence-corrected chi connectivity index (χ1v) is 6.85. The molecule has 4 heteroatoms. The second kappa shape index (κ2) is 5.58. The third-order valence-corrected chi connectivity index (χ3v) is 3.58. The van der Waals surface area contributed by atoms with Gasteiger partial charge in [0.2, 0.25) is 5.89 Å². The van der Waals surface area contributed by atoms with Crippen molar-refractivity contribution in [1.29, 1.82) is 0 Å². The fourth-order valence-electron chi connectivity index (χ4n) is 2.20. The van der Waals surface area contributed by atoms with Gasteiger partial charge in [0, 0.05) is 0 Å². The first-order valence-electron chi connectivity index (χ1n) is 6.85. The Kier molecular flexibility index (Phi) is 3.62. The number of hydrogen-bond donors (Lipinski definition) is 1. The van der Waals surface area contributed by atoms with E-state index in [9.17, 15) is 0 Å². The highest BCUT2D eigenvalue weighted by Gasteiger charge is 2.08. The van der Waals surface area contributed by atoms with Crippen molar-refractivity contribution >= 4 is 11.1 Å². The van der Waals surface area contributed by atoms with Crippen LogP contribution in [-0.2, 0) is 13.2 Å². The minimum absolute atomic E-state index is 0.00286. The average molecular weight is 283 g/mol. The number of aliphatic hydroxyl groups is 1. The number of hydrogen-bond acceptors (Lipinski definition) is 4. The number of oxazole rings is 1. The number of aryl methyl sites for hydroxylation is 1. The van der Waals surface area contributed by atoms with Gasteiger partial charge >= 0.3 is 0 Å². The van der Waals surface area contributed by atoms with Crippen LogP contribution in [-0.4, -0.2) is 10.1 Å². The lowest BCUT2D eigenvalue weighted by molar-refractivity contribution is 0.265. The summed E-state index contributed by atoms with van der Waals surface area (Å²) in [5, 5.41) is 9.13. The number of fused-ring (bicyclic) bond motifs is 1. The molecule has 2 aromatic carbocycles. The van der Waals surface area contributed by atoms with Crippen LogP contribution in [0.3, 0.4) is 0 Å². The smallest absolute Gasteiger partial charge is 0.233 e. The molecule has 1 N–H and O–H groups in total. The third-order valence-electron chi connectivity index (χ3n) is 3.58. The lowest BCUT2D eigenvalue weighted by Crippen LogP contribution is -1.98. The van der Waals surface area contributed by atoms with Gasteiger partial charge in [0.05, 0.1) is 6.61 Å². The molecular weight excluding hydrogens is 266 g/mol. The van der Waals surface area contributed by atoms with Crippen LogP contribution in [0.5, 0.6) is 5.75 Å². The van der Waals surface area contributed by atoms with Gasteiger partial charge in [0.25, 0.3) is 0 Å². The highest BCUT2D eigenvalue weighted by Crippen LogP contribution is 2.23. The van der Waals surface area contributed by atoms with Crippen molar-refractivity contribution in [2.45, 2.75) is 27.1 Å². The lowest BCUT2D eigenvalue weighted by atomic mass is 10.1. The predicted octanol–water partition coefficient (Wildman–Crippen LogP) is 3.52. The molecular formula is C17H17NO3. The number of aromatic nitrogens is 1. The molecule has 0 radical (unpaired) electrons. The van der Waals surface area contributed by atoms with E-state index < -0.39 is 0 Å². The molecule has 1 heterocycles. The summed E-state index contributed by atoms with van der Waals surface area (Å²) in [5.41, 5.74) is 4.57. The minimum atomic E-state index is -0.00286. The van der Waals surface area contributed by atoms with E-state index in [1.54, 1.807) is 0 Å². The van der Waals surface area contributed by atoms with Crippen molar-refractivity contribution in [2.24, 2.45) is 0 Å². The largest absolute Gasteiger partial charge is 0.484 e. The minimum Gasteiger partial charge on any atom is -0.484 e. The van der Waals surface area contributed by atoms with E-state index in [-0.39, 0.29) is 13.2 Å². The summed E-state index contributed by atoms with van der Waals surface area (Å²) in [6.07, 6.45) is 0. The van der Waals surface area contributed by atoms with Crippen LogP contribution in [0.15, 0.2) is 40.8 Å². The van der Waals surface area contributed by atoms with Crippen molar-refractivity contribution in [3.05, 3.63) is 59.0 Å². The van der Waals surface area contributed by atoms with Gasteiger partial charge in [0.15, 0.2) is 12.2 Å². The van der Waals surface area contributed by atoms with Gasteiger partial charge in [0.1, 0.15) is 11.3 Å². The molecule has 3 rings (SSSR count). The van der Waals surface area contributed by atoms with Crippen LogP contribution in [0.2, 0.25) is 0 Å². The van der Waals surface area contributed by atoms with Gasteiger partial charge in [-0.3, -0.25) is 0 Å². The highest BCUT2D eigenvalue weighted by atomic mass is 16.5. The predicted molar refractivity (Wildman–Crippen MR) is 80.2 cm³/mol. The monoisotopic (exact) mass is 283 g/mol. The summed E-state index contributed by atoms with van der Waals surface area (Å²) in [6.45, 7) is 4.37. The number of ether oxygens (including phenoxy) is 1. The average Bonchev–Trinajstić information content (AvgIpc) is 2.90. The molecule has 1 aromatic heterocycles. The van der Waals surface area contributed by atoms with Gasteiger partial charge in [-0.05, 0) is 48.7 Å². The topological polar surface area (TPSA) is 55.5 Å². The zero-order valence-corrected chi connectivity index (χ0v) is 12.1. The number of nitrogens with zero attached hydrogens (tertiary/aromatic N) is 1. The standard InChI is InChI=1S/C17H17NO3/c1-11-4-3-5-15(12(11)2)20-10-17-18-14-8-13(9-19)6-7-16(14)21-17/h3-8,19H,9-10H2,1-2H3. The summed E-state index contributed by atoms with van der Waals surface area (Å²) in [7, 11) is 0. The molecule has 0 spiro atoms. The Hall–Kier alpha value is -2.33. The van der Waals surface area contributed by atoms with Gasteiger partial charge in [-0.1, -0.05) is 18.2 Å². The molecule has 0 saturated heterocycles. The van der Waals surface area contributed by atoms with Gasteiger partial charge in [-0.15, -0.1) is 0 Å². The van der Waals surface area contributed by atoms with Crippen molar-refractivity contribution < 1.29 is 14.3 Å². The number of rotatable bonds is 4. The maximum atomic E-state index is 9.13. The molecule has 21 heavy (non-hydrogen) atoms. The molecule has 0 atom stereocenters. The Morgan fingerprint density at radius 1 is 1.19 bits per heavy atom. The fraction of sp³-hybridized carbons (Fsp3) is 0.235. The summed E-state index contributed by atoms with van der Waals surface area (Å²) in [5.74, 6) is 1.37. The van der Waals surface area contributed by atoms with Gasteiger partial charge in [-0.25, -0.2) is 4.98 Å². The number of benzene rings is 2. The number of aliphatic hydroxyl groups excluding tert-OH is 1. The fourth-order valence-corrected chi connectivity index (χ4v) is 2.20. The van der Waals surface area contributed by atoms with Crippen LogP contribution in [0.25, 0.3) is 11.1 Å². The molecule has 0 saturated carbocycles. The van der Waals surface area contributed by atoms with Crippen LogP contribution >= 0.6 is 0 Å². The molecule has 0 fully saturated rings. The Bertz CT molecular complexity index is 777. The highest BCUT2D eigenvalue weighted by molar-refractivity contribution is 5.73. The van der Waals surface area contributed by atoms with E-state index >= 15 is 0 Å². The van der Waals surface area contributed by atoms with Gasteiger partial charge < -0.3 is 14.3 Å². The second-order valence-corrected chi connectivity index (χ2v) is 5.05. The van der Waals surface area contributed by atoms with E-state index in [4.69, 9.17) is 14.3 Å². The maximum Gasteiger partial charge on any atom is 0.233 e. The summed E-state index contributed by atoms with van der Waals surface area (Å²) in [6, 6.07) is 11.4. The summed E-state index contributed by atoms with van der Waals surface area (Å²) < 4.78 is 11.4. The summed E-state index contributed by atoms with van der Waals surface area (Å²) in [4.78, 5) is 4.39. The zero-order chi connectivity index (χ0) is 14.8. The first kappa shape index (κ1) is 13.6. The first-order chi connectivity index (χ1) is 10.2. The van der Waals surface area contributed by atoms with Gasteiger partial charge in [-0.2, -0.15) is 0 Å². The molecule has 0 aliphatic rings. The molecule has 4 nitrogen and oxygen atoms in total. The van der Waals surface area contributed by atoms with Crippen LogP contribution in [0, 0.1) is 13.8 Å². The van der Waals surface area contributed by atoms with Crippen LogP contribution < -0.4 is 4.74 Å². The normalized spacial score (nSPS) is 11.0. The Balaban J connectivity index is 1.80. The summed E-state index contributed by atoms with van der Waals surface area (Å²) >= 11 is 0. The van der Waals surface area contributed by atoms with Crippen molar-refractivity contribution in [2.75, 3.05) is 0 Å². The van der Waals surface area contributed by atoms with E-state index in [0.29, 0.717) is 11.5 Å². The molecule has 0 amide bonds. The quantitative estimate of drug-likeness (QED) is 0.796. The van der Waals surface area contributed by atoms with E-state index in [1.165, 1.54) is 5.56 Å². The Morgan fingerprint density at radius 3 is 2.86 bits per heavy atom. The molecule has 0 unspecified atom stereocenters. The molecule has 108 valence electrons. The van der Waals surface area contributed by atoms with Crippen molar-refractivity contribution in [1.82, 2.24) is 4.98 Å². The van der Waals surface area contributed by atoms with E-state index in [1.807, 2.05) is 37.3 Å². The van der Waals surface area contributed by atoms with Crippen molar-refractivity contribution in [3.63, 3.8) is 0 Å². The molecule has 0 aliphatic carbocycles. The Labute approximate surface area is 123 Å². The molecule has 0 bridgehead atoms. The van der Waals surface area contributed by atoms with Crippen molar-refractivity contribution in [3.8, 4) is 5.75 Å². The molecule has 3 aromatic rings. The SMILES string of the molecule is Cc1cccc(OCc2nc3cc(CO)ccc3o2)c1C. The second-order valence-electron chi connectivity index (χ2n) is 5.05. The maximum absolute atomic E-state index is 9.13. The van der Waals surface area contributed by atoms with Crippen LogP contribution in [0.4, 0.5) is 0 Å². The van der Waals surface area contributed by atoms with E-state index in [2.05, 4.69) is 18.0 Å². The van der Waals surface area contributed by atoms with E-state index in [0.717, 1.165) is 22.4 Å². The Morgan fingerprint density at radius 2 is 2.05 bits per heavy atom. The lowest BCUT2D eigenvalue weighted by Gasteiger charge is -2.08. The van der Waals surface area contributed by atoms with Crippen LogP contribution in [0.1, 0.15) is 22.6 Å².